The predicted molar refractivity (Wildman–Crippen MR) is 93.1 cm³/mol. The number of rotatable bonds is 3. The Balaban J connectivity index is 1.74. The summed E-state index contributed by atoms with van der Waals surface area (Å²) >= 11 is 0. The molecule has 1 aliphatic carbocycles. The first-order chi connectivity index (χ1) is 11.6. The van der Waals surface area contributed by atoms with E-state index in [0.717, 1.165) is 58.5 Å². The van der Waals surface area contributed by atoms with Crippen LogP contribution in [0.15, 0.2) is 40.8 Å². The fraction of sp³-hybridized carbons (Fsp3) is 0.300. The minimum atomic E-state index is -0.171. The molecule has 2 heterocycles. The summed E-state index contributed by atoms with van der Waals surface area (Å²) in [5, 5.41) is 4.02. The van der Waals surface area contributed by atoms with Gasteiger partial charge in [-0.15, -0.1) is 0 Å². The van der Waals surface area contributed by atoms with Crippen LogP contribution in [-0.2, 0) is 12.8 Å². The molecule has 3 aromatic rings. The van der Waals surface area contributed by atoms with E-state index in [0.29, 0.717) is 0 Å². The van der Waals surface area contributed by atoms with Crippen molar-refractivity contribution in [3.05, 3.63) is 64.7 Å². The van der Waals surface area contributed by atoms with E-state index in [1.807, 2.05) is 50.2 Å². The number of aromatic nitrogens is 1. The smallest absolute Gasteiger partial charge is 0.252 e. The normalized spacial score (nSPS) is 14.6. The van der Waals surface area contributed by atoms with Gasteiger partial charge in [0.15, 0.2) is 0 Å². The van der Waals surface area contributed by atoms with Gasteiger partial charge in [0, 0.05) is 11.1 Å². The topological polar surface area (TPSA) is 55.1 Å². The number of carbonyl (C=O) groups is 1. The maximum atomic E-state index is 13.0. The number of furan rings is 1. The van der Waals surface area contributed by atoms with E-state index in [9.17, 15) is 4.79 Å². The van der Waals surface area contributed by atoms with E-state index in [1.54, 1.807) is 0 Å². The number of benzene rings is 1. The SMILES string of the molecule is Cc1ccc(C(C)NC(=O)c2c3c(nc4ccccc24)CCC3)o1. The highest BCUT2D eigenvalue weighted by molar-refractivity contribution is 6.08. The molecule has 4 rings (SSSR count). The monoisotopic (exact) mass is 320 g/mol. The summed E-state index contributed by atoms with van der Waals surface area (Å²) in [5.41, 5.74) is 3.85. The molecule has 1 unspecified atom stereocenters. The molecule has 4 nitrogen and oxygen atoms in total. The van der Waals surface area contributed by atoms with Gasteiger partial charge in [0.05, 0.1) is 17.1 Å². The van der Waals surface area contributed by atoms with Crippen molar-refractivity contribution >= 4 is 16.8 Å². The van der Waals surface area contributed by atoms with Gasteiger partial charge in [0.25, 0.3) is 5.91 Å². The van der Waals surface area contributed by atoms with Crippen LogP contribution >= 0.6 is 0 Å². The highest BCUT2D eigenvalue weighted by Crippen LogP contribution is 2.30. The number of hydrogen-bond acceptors (Lipinski definition) is 3. The molecule has 0 fully saturated rings. The summed E-state index contributed by atoms with van der Waals surface area (Å²) in [6.07, 6.45) is 2.93. The van der Waals surface area contributed by atoms with Gasteiger partial charge < -0.3 is 9.73 Å². The van der Waals surface area contributed by atoms with Gasteiger partial charge in [-0.2, -0.15) is 0 Å². The number of pyridine rings is 1. The van der Waals surface area contributed by atoms with Crippen molar-refractivity contribution in [2.45, 2.75) is 39.2 Å². The van der Waals surface area contributed by atoms with Crippen molar-refractivity contribution < 1.29 is 9.21 Å². The fourth-order valence-corrected chi connectivity index (χ4v) is 3.50. The van der Waals surface area contributed by atoms with E-state index in [2.05, 4.69) is 5.32 Å². The molecule has 1 atom stereocenters. The Morgan fingerprint density at radius 3 is 2.83 bits per heavy atom. The van der Waals surface area contributed by atoms with Crippen molar-refractivity contribution in [2.24, 2.45) is 0 Å². The maximum absolute atomic E-state index is 13.0. The van der Waals surface area contributed by atoms with Crippen LogP contribution in [-0.4, -0.2) is 10.9 Å². The second-order valence-corrected chi connectivity index (χ2v) is 6.43. The van der Waals surface area contributed by atoms with E-state index in [1.165, 1.54) is 0 Å². The van der Waals surface area contributed by atoms with Gasteiger partial charge in [-0.05, 0) is 56.9 Å². The molecule has 1 N–H and O–H groups in total. The highest BCUT2D eigenvalue weighted by atomic mass is 16.3. The third kappa shape index (κ3) is 2.48. The van der Waals surface area contributed by atoms with Gasteiger partial charge in [-0.25, -0.2) is 0 Å². The number of nitrogens with one attached hydrogen (secondary N) is 1. The third-order valence-corrected chi connectivity index (χ3v) is 4.68. The van der Waals surface area contributed by atoms with Gasteiger partial charge in [0.2, 0.25) is 0 Å². The molecule has 0 spiro atoms. The standard InChI is InChI=1S/C20H20N2O2/c1-12-10-11-18(24-12)13(2)21-20(23)19-14-6-3-4-8-16(14)22-17-9-5-7-15(17)19/h3-4,6,8,10-11,13H,5,7,9H2,1-2H3,(H,21,23). The van der Waals surface area contributed by atoms with E-state index in [-0.39, 0.29) is 11.9 Å². The fourth-order valence-electron chi connectivity index (χ4n) is 3.50. The summed E-state index contributed by atoms with van der Waals surface area (Å²) in [4.78, 5) is 17.8. The molecule has 0 radical (unpaired) electrons. The first-order valence-corrected chi connectivity index (χ1v) is 8.41. The Bertz CT molecular complexity index is 927. The molecule has 1 amide bonds. The molecule has 0 saturated carbocycles. The number of amides is 1. The van der Waals surface area contributed by atoms with Gasteiger partial charge in [0.1, 0.15) is 11.5 Å². The lowest BCUT2D eigenvalue weighted by Crippen LogP contribution is -2.27. The molecule has 1 aromatic carbocycles. The van der Waals surface area contributed by atoms with Crippen LogP contribution < -0.4 is 5.32 Å². The summed E-state index contributed by atoms with van der Waals surface area (Å²) in [6.45, 7) is 3.85. The molecule has 0 bridgehead atoms. The van der Waals surface area contributed by atoms with E-state index < -0.39 is 0 Å². The average Bonchev–Trinajstić information content (AvgIpc) is 3.20. The van der Waals surface area contributed by atoms with E-state index >= 15 is 0 Å². The molecular weight excluding hydrogens is 300 g/mol. The Labute approximate surface area is 140 Å². The quantitative estimate of drug-likeness (QED) is 0.790. The largest absolute Gasteiger partial charge is 0.464 e. The van der Waals surface area contributed by atoms with Crippen LogP contribution in [0.2, 0.25) is 0 Å². The zero-order valence-corrected chi connectivity index (χ0v) is 13.9. The van der Waals surface area contributed by atoms with Crippen molar-refractivity contribution in [2.75, 3.05) is 0 Å². The molecule has 0 aliphatic heterocycles. The number of aryl methyl sites for hydroxylation is 2. The van der Waals surface area contributed by atoms with Crippen molar-refractivity contribution in [3.63, 3.8) is 0 Å². The summed E-state index contributed by atoms with van der Waals surface area (Å²) in [6, 6.07) is 11.5. The number of para-hydroxylation sites is 1. The second kappa shape index (κ2) is 5.78. The molecule has 24 heavy (non-hydrogen) atoms. The third-order valence-electron chi connectivity index (χ3n) is 4.68. The minimum absolute atomic E-state index is 0.0479. The number of fused-ring (bicyclic) bond motifs is 2. The zero-order valence-electron chi connectivity index (χ0n) is 13.9. The summed E-state index contributed by atoms with van der Waals surface area (Å²) in [5.74, 6) is 1.57. The van der Waals surface area contributed by atoms with Gasteiger partial charge >= 0.3 is 0 Å². The average molecular weight is 320 g/mol. The summed E-state index contributed by atoms with van der Waals surface area (Å²) < 4.78 is 5.64. The van der Waals surface area contributed by atoms with Crippen LogP contribution in [0.1, 0.15) is 52.5 Å². The van der Waals surface area contributed by atoms with Crippen LogP contribution in [0.5, 0.6) is 0 Å². The Hall–Kier alpha value is -2.62. The minimum Gasteiger partial charge on any atom is -0.464 e. The lowest BCUT2D eigenvalue weighted by molar-refractivity contribution is 0.0936. The zero-order chi connectivity index (χ0) is 16.7. The molecule has 2 aromatic heterocycles. The van der Waals surface area contributed by atoms with Gasteiger partial charge in [-0.1, -0.05) is 18.2 Å². The van der Waals surface area contributed by atoms with Crippen LogP contribution in [0.3, 0.4) is 0 Å². The molecule has 4 heteroatoms. The van der Waals surface area contributed by atoms with Gasteiger partial charge in [-0.3, -0.25) is 9.78 Å². The Kier molecular flexibility index (Phi) is 3.60. The van der Waals surface area contributed by atoms with Crippen molar-refractivity contribution in [1.82, 2.24) is 10.3 Å². The lowest BCUT2D eigenvalue weighted by Gasteiger charge is -2.16. The van der Waals surface area contributed by atoms with Crippen LogP contribution in [0.25, 0.3) is 10.9 Å². The highest BCUT2D eigenvalue weighted by Gasteiger charge is 2.25. The Morgan fingerprint density at radius 2 is 2.04 bits per heavy atom. The first kappa shape index (κ1) is 14.9. The summed E-state index contributed by atoms with van der Waals surface area (Å²) in [7, 11) is 0. The van der Waals surface area contributed by atoms with Crippen LogP contribution in [0, 0.1) is 6.92 Å². The first-order valence-electron chi connectivity index (χ1n) is 8.41. The molecule has 1 aliphatic rings. The molecule has 0 saturated heterocycles. The van der Waals surface area contributed by atoms with Crippen LogP contribution in [0.4, 0.5) is 0 Å². The maximum Gasteiger partial charge on any atom is 0.252 e. The molecule has 122 valence electrons. The number of hydrogen-bond donors (Lipinski definition) is 1. The van der Waals surface area contributed by atoms with Crippen molar-refractivity contribution in [1.29, 1.82) is 0 Å². The predicted octanol–water partition coefficient (Wildman–Crippen LogP) is 4.12. The lowest BCUT2D eigenvalue weighted by atomic mass is 10.00. The second-order valence-electron chi connectivity index (χ2n) is 6.43. The number of carbonyl (C=O) groups excluding carboxylic acids is 1. The molecular formula is C20H20N2O2. The van der Waals surface area contributed by atoms with Crippen molar-refractivity contribution in [3.8, 4) is 0 Å². The Morgan fingerprint density at radius 1 is 1.21 bits per heavy atom. The van der Waals surface area contributed by atoms with E-state index in [4.69, 9.17) is 9.40 Å². The number of nitrogens with zero attached hydrogens (tertiary/aromatic N) is 1.